The summed E-state index contributed by atoms with van der Waals surface area (Å²) < 4.78 is -0.247. The summed E-state index contributed by atoms with van der Waals surface area (Å²) in [6.07, 6.45) is 4.44. The Morgan fingerprint density at radius 1 is 1.42 bits per heavy atom. The number of nitrogens with one attached hydrogen (secondary N) is 2. The summed E-state index contributed by atoms with van der Waals surface area (Å²) in [5.41, 5.74) is 3.44. The van der Waals surface area contributed by atoms with Crippen LogP contribution in [-0.4, -0.2) is 23.0 Å². The number of hydrogen-bond donors (Lipinski definition) is 2. The standard InChI is InChI=1S/C15H20N2OS/c1-15(7-3-9-19-15)14(18)17-12-6-5-11-4-2-8-16-13(11)10-12/h5-6,10,16H,2-4,7-9H2,1H3,(H,17,18). The molecule has 3 nitrogen and oxygen atoms in total. The number of benzene rings is 1. The molecule has 2 N–H and O–H groups in total. The quantitative estimate of drug-likeness (QED) is 0.871. The number of aryl methyl sites for hydroxylation is 1. The van der Waals surface area contributed by atoms with Crippen LogP contribution < -0.4 is 10.6 Å². The van der Waals surface area contributed by atoms with Crippen molar-refractivity contribution < 1.29 is 4.79 Å². The highest BCUT2D eigenvalue weighted by Gasteiger charge is 2.37. The van der Waals surface area contributed by atoms with Gasteiger partial charge in [0.25, 0.3) is 0 Å². The van der Waals surface area contributed by atoms with Crippen molar-refractivity contribution in [3.63, 3.8) is 0 Å². The molecule has 0 spiro atoms. The number of fused-ring (bicyclic) bond motifs is 1. The van der Waals surface area contributed by atoms with Crippen molar-refractivity contribution in [2.75, 3.05) is 22.9 Å². The molecule has 3 rings (SSSR count). The van der Waals surface area contributed by atoms with Crippen LogP contribution in [0, 0.1) is 0 Å². The molecule has 1 aromatic carbocycles. The molecule has 1 amide bonds. The van der Waals surface area contributed by atoms with Crippen molar-refractivity contribution in [1.82, 2.24) is 0 Å². The summed E-state index contributed by atoms with van der Waals surface area (Å²) in [6.45, 7) is 3.08. The Hall–Kier alpha value is -1.16. The fourth-order valence-electron chi connectivity index (χ4n) is 2.76. The third-order valence-electron chi connectivity index (χ3n) is 4.01. The van der Waals surface area contributed by atoms with Crippen LogP contribution in [0.3, 0.4) is 0 Å². The van der Waals surface area contributed by atoms with Gasteiger partial charge >= 0.3 is 0 Å². The van der Waals surface area contributed by atoms with Gasteiger partial charge < -0.3 is 10.6 Å². The summed E-state index contributed by atoms with van der Waals surface area (Å²) in [7, 11) is 0. The van der Waals surface area contributed by atoms with Gasteiger partial charge in [-0.05, 0) is 56.1 Å². The molecular formula is C15H20N2OS. The first-order valence-corrected chi connectivity index (χ1v) is 7.98. The van der Waals surface area contributed by atoms with Crippen LogP contribution >= 0.6 is 11.8 Å². The van der Waals surface area contributed by atoms with Crippen LogP contribution in [0.1, 0.15) is 31.7 Å². The summed E-state index contributed by atoms with van der Waals surface area (Å²) in [5.74, 6) is 1.24. The number of amides is 1. The maximum absolute atomic E-state index is 12.4. The minimum atomic E-state index is -0.247. The van der Waals surface area contributed by atoms with E-state index in [-0.39, 0.29) is 10.7 Å². The van der Waals surface area contributed by atoms with Crippen LogP contribution in [0.4, 0.5) is 11.4 Å². The summed E-state index contributed by atoms with van der Waals surface area (Å²) in [4.78, 5) is 12.4. The number of hydrogen-bond acceptors (Lipinski definition) is 3. The highest BCUT2D eigenvalue weighted by Crippen LogP contribution is 2.38. The lowest BCUT2D eigenvalue weighted by atomic mass is 10.0. The van der Waals surface area contributed by atoms with E-state index >= 15 is 0 Å². The fourth-order valence-corrected chi connectivity index (χ4v) is 3.97. The molecule has 1 unspecified atom stereocenters. The van der Waals surface area contributed by atoms with Gasteiger partial charge in [0.2, 0.25) is 5.91 Å². The second kappa shape index (κ2) is 5.08. The number of rotatable bonds is 2. The maximum Gasteiger partial charge on any atom is 0.240 e. The molecule has 0 aromatic heterocycles. The average Bonchev–Trinajstić information content (AvgIpc) is 2.87. The van der Waals surface area contributed by atoms with Gasteiger partial charge in [-0.25, -0.2) is 0 Å². The van der Waals surface area contributed by atoms with Crippen molar-refractivity contribution in [3.05, 3.63) is 23.8 Å². The van der Waals surface area contributed by atoms with Crippen molar-refractivity contribution >= 4 is 29.0 Å². The Labute approximate surface area is 118 Å². The molecule has 4 heteroatoms. The highest BCUT2D eigenvalue weighted by atomic mass is 32.2. The van der Waals surface area contributed by atoms with Gasteiger partial charge in [-0.2, -0.15) is 0 Å². The normalized spacial score (nSPS) is 25.5. The lowest BCUT2D eigenvalue weighted by Gasteiger charge is -2.23. The predicted octanol–water partition coefficient (Wildman–Crippen LogP) is 3.27. The summed E-state index contributed by atoms with van der Waals surface area (Å²) >= 11 is 1.77. The average molecular weight is 276 g/mol. The first-order chi connectivity index (χ1) is 9.17. The Morgan fingerprint density at radius 2 is 2.32 bits per heavy atom. The first kappa shape index (κ1) is 12.9. The Balaban J connectivity index is 1.74. The smallest absolute Gasteiger partial charge is 0.240 e. The van der Waals surface area contributed by atoms with E-state index in [1.165, 1.54) is 17.7 Å². The molecule has 2 aliphatic heterocycles. The second-order valence-electron chi connectivity index (χ2n) is 5.54. The number of anilines is 2. The second-order valence-corrected chi connectivity index (χ2v) is 7.14. The zero-order chi connectivity index (χ0) is 13.3. The van der Waals surface area contributed by atoms with Gasteiger partial charge in [-0.1, -0.05) is 6.07 Å². The van der Waals surface area contributed by atoms with Gasteiger partial charge in [-0.15, -0.1) is 11.8 Å². The Bertz CT molecular complexity index is 495. The third-order valence-corrected chi connectivity index (χ3v) is 5.52. The maximum atomic E-state index is 12.4. The monoisotopic (exact) mass is 276 g/mol. The van der Waals surface area contributed by atoms with Gasteiger partial charge in [0.15, 0.2) is 0 Å². The molecule has 102 valence electrons. The Morgan fingerprint density at radius 3 is 3.11 bits per heavy atom. The van der Waals surface area contributed by atoms with E-state index in [2.05, 4.69) is 29.7 Å². The van der Waals surface area contributed by atoms with E-state index < -0.39 is 0 Å². The van der Waals surface area contributed by atoms with Crippen molar-refractivity contribution in [2.24, 2.45) is 0 Å². The van der Waals surface area contributed by atoms with E-state index in [1.54, 1.807) is 11.8 Å². The molecule has 2 heterocycles. The van der Waals surface area contributed by atoms with E-state index in [4.69, 9.17) is 0 Å². The van der Waals surface area contributed by atoms with Gasteiger partial charge in [0.05, 0.1) is 4.75 Å². The largest absolute Gasteiger partial charge is 0.385 e. The minimum absolute atomic E-state index is 0.144. The molecule has 1 aromatic rings. The van der Waals surface area contributed by atoms with Crippen LogP contribution in [0.5, 0.6) is 0 Å². The van der Waals surface area contributed by atoms with Gasteiger partial charge in [0, 0.05) is 17.9 Å². The highest BCUT2D eigenvalue weighted by molar-refractivity contribution is 8.01. The first-order valence-electron chi connectivity index (χ1n) is 7.00. The molecule has 0 saturated carbocycles. The number of carbonyl (C=O) groups excluding carboxylic acids is 1. The molecule has 2 aliphatic rings. The molecule has 1 fully saturated rings. The van der Waals surface area contributed by atoms with Gasteiger partial charge in [0.1, 0.15) is 0 Å². The predicted molar refractivity (Wildman–Crippen MR) is 82.0 cm³/mol. The van der Waals surface area contributed by atoms with Crippen molar-refractivity contribution in [2.45, 2.75) is 37.4 Å². The van der Waals surface area contributed by atoms with Crippen molar-refractivity contribution in [3.8, 4) is 0 Å². The van der Waals surface area contributed by atoms with Crippen LogP contribution in [0.2, 0.25) is 0 Å². The Kier molecular flexibility index (Phi) is 3.44. The zero-order valence-corrected chi connectivity index (χ0v) is 12.1. The minimum Gasteiger partial charge on any atom is -0.385 e. The zero-order valence-electron chi connectivity index (χ0n) is 11.3. The third kappa shape index (κ3) is 2.59. The van der Waals surface area contributed by atoms with E-state index in [0.29, 0.717) is 0 Å². The number of thioether (sulfide) groups is 1. The molecule has 0 bridgehead atoms. The lowest BCUT2D eigenvalue weighted by Crippen LogP contribution is -2.34. The van der Waals surface area contributed by atoms with Crippen LogP contribution in [-0.2, 0) is 11.2 Å². The molecule has 1 atom stereocenters. The van der Waals surface area contributed by atoms with Crippen LogP contribution in [0.25, 0.3) is 0 Å². The topological polar surface area (TPSA) is 41.1 Å². The number of carbonyl (C=O) groups is 1. The SMILES string of the molecule is CC1(C(=O)Nc2ccc3c(c2)NCCC3)CCCS1. The van der Waals surface area contributed by atoms with Gasteiger partial charge in [-0.3, -0.25) is 4.79 Å². The molecule has 0 radical (unpaired) electrons. The molecular weight excluding hydrogens is 256 g/mol. The summed E-state index contributed by atoms with van der Waals surface area (Å²) in [5, 5.41) is 6.47. The fraction of sp³-hybridized carbons (Fsp3) is 0.533. The van der Waals surface area contributed by atoms with Crippen molar-refractivity contribution in [1.29, 1.82) is 0 Å². The molecule has 1 saturated heterocycles. The molecule has 0 aliphatic carbocycles. The van der Waals surface area contributed by atoms with E-state index in [9.17, 15) is 4.79 Å². The summed E-state index contributed by atoms with van der Waals surface area (Å²) in [6, 6.07) is 6.21. The molecule has 19 heavy (non-hydrogen) atoms. The lowest BCUT2D eigenvalue weighted by molar-refractivity contribution is -0.118. The van der Waals surface area contributed by atoms with Crippen LogP contribution in [0.15, 0.2) is 18.2 Å². The van der Waals surface area contributed by atoms with E-state index in [1.807, 2.05) is 6.07 Å². The van der Waals surface area contributed by atoms with E-state index in [0.717, 1.165) is 37.2 Å².